The average Bonchev–Trinajstić information content (AvgIpc) is 2.45. The summed E-state index contributed by atoms with van der Waals surface area (Å²) >= 11 is 0. The Labute approximate surface area is 127 Å². The zero-order valence-corrected chi connectivity index (χ0v) is 13.6. The summed E-state index contributed by atoms with van der Waals surface area (Å²) in [5.41, 5.74) is 5.24. The standard InChI is InChI=1S/C15H29N3O3/c1-11(2)9-12(13(19)18(3)4)17-14(20)15(10-16)5-7-21-8-6-15/h11-12H,5-10,16H2,1-4H3,(H,17,20). The van der Waals surface area contributed by atoms with E-state index in [1.54, 1.807) is 14.1 Å². The molecule has 1 aliphatic heterocycles. The molecule has 6 heteroatoms. The number of hydrogen-bond donors (Lipinski definition) is 2. The minimum Gasteiger partial charge on any atom is -0.381 e. The van der Waals surface area contributed by atoms with E-state index in [1.165, 1.54) is 4.90 Å². The molecule has 0 spiro atoms. The van der Waals surface area contributed by atoms with Crippen molar-refractivity contribution in [3.63, 3.8) is 0 Å². The first kappa shape index (κ1) is 17.9. The molecular weight excluding hydrogens is 270 g/mol. The van der Waals surface area contributed by atoms with Crippen LogP contribution in [0.3, 0.4) is 0 Å². The van der Waals surface area contributed by atoms with Crippen LogP contribution in [0.1, 0.15) is 33.1 Å². The summed E-state index contributed by atoms with van der Waals surface area (Å²) in [6.45, 7) is 5.44. The van der Waals surface area contributed by atoms with Crippen molar-refractivity contribution >= 4 is 11.8 Å². The Kier molecular flexibility index (Phi) is 6.61. The molecule has 122 valence electrons. The van der Waals surface area contributed by atoms with Crippen LogP contribution in [-0.2, 0) is 14.3 Å². The number of hydrogen-bond acceptors (Lipinski definition) is 4. The number of amides is 2. The highest BCUT2D eigenvalue weighted by molar-refractivity contribution is 5.90. The Bertz CT molecular complexity index is 363. The zero-order chi connectivity index (χ0) is 16.0. The van der Waals surface area contributed by atoms with Gasteiger partial charge in [-0.2, -0.15) is 0 Å². The van der Waals surface area contributed by atoms with Crippen molar-refractivity contribution < 1.29 is 14.3 Å². The first-order chi connectivity index (χ1) is 9.82. The second-order valence-corrected chi connectivity index (χ2v) is 6.49. The Balaban J connectivity index is 2.80. The lowest BCUT2D eigenvalue weighted by atomic mass is 9.79. The Morgan fingerprint density at radius 3 is 2.29 bits per heavy atom. The quantitative estimate of drug-likeness (QED) is 0.742. The molecule has 0 aromatic heterocycles. The topological polar surface area (TPSA) is 84.7 Å². The Morgan fingerprint density at radius 2 is 1.86 bits per heavy atom. The predicted octanol–water partition coefficient (Wildman–Crippen LogP) is 0.361. The molecular formula is C15H29N3O3. The fourth-order valence-corrected chi connectivity index (χ4v) is 2.60. The molecule has 0 radical (unpaired) electrons. The summed E-state index contributed by atoms with van der Waals surface area (Å²) in [5.74, 6) is 0.133. The van der Waals surface area contributed by atoms with Gasteiger partial charge in [0.05, 0.1) is 5.41 Å². The van der Waals surface area contributed by atoms with Crippen molar-refractivity contribution in [3.05, 3.63) is 0 Å². The van der Waals surface area contributed by atoms with E-state index in [-0.39, 0.29) is 18.4 Å². The number of nitrogens with one attached hydrogen (secondary N) is 1. The number of nitrogens with two attached hydrogens (primary N) is 1. The molecule has 21 heavy (non-hydrogen) atoms. The van der Waals surface area contributed by atoms with Crippen LogP contribution in [0.2, 0.25) is 0 Å². The number of carbonyl (C=O) groups excluding carboxylic acids is 2. The van der Waals surface area contributed by atoms with E-state index in [2.05, 4.69) is 5.32 Å². The van der Waals surface area contributed by atoms with Crippen molar-refractivity contribution in [1.82, 2.24) is 10.2 Å². The van der Waals surface area contributed by atoms with Crippen LogP contribution < -0.4 is 11.1 Å². The molecule has 3 N–H and O–H groups in total. The van der Waals surface area contributed by atoms with Gasteiger partial charge in [0, 0.05) is 33.9 Å². The van der Waals surface area contributed by atoms with E-state index in [0.29, 0.717) is 38.4 Å². The molecule has 0 aliphatic carbocycles. The second kappa shape index (κ2) is 7.75. The Morgan fingerprint density at radius 1 is 1.29 bits per heavy atom. The maximum atomic E-state index is 12.7. The van der Waals surface area contributed by atoms with E-state index in [9.17, 15) is 9.59 Å². The van der Waals surface area contributed by atoms with Crippen LogP contribution in [0, 0.1) is 11.3 Å². The number of ether oxygens (including phenoxy) is 1. The zero-order valence-electron chi connectivity index (χ0n) is 13.6. The predicted molar refractivity (Wildman–Crippen MR) is 81.6 cm³/mol. The van der Waals surface area contributed by atoms with E-state index in [0.717, 1.165) is 0 Å². The minimum atomic E-state index is -0.597. The lowest BCUT2D eigenvalue weighted by molar-refractivity contribution is -0.141. The van der Waals surface area contributed by atoms with Crippen molar-refractivity contribution in [2.24, 2.45) is 17.1 Å². The molecule has 1 fully saturated rings. The van der Waals surface area contributed by atoms with Crippen LogP contribution in [0.4, 0.5) is 0 Å². The maximum absolute atomic E-state index is 12.7. The van der Waals surface area contributed by atoms with Gasteiger partial charge in [-0.3, -0.25) is 9.59 Å². The smallest absolute Gasteiger partial charge is 0.244 e. The first-order valence-corrected chi connectivity index (χ1v) is 7.62. The van der Waals surface area contributed by atoms with E-state index < -0.39 is 11.5 Å². The summed E-state index contributed by atoms with van der Waals surface area (Å²) in [6.07, 6.45) is 1.85. The highest BCUT2D eigenvalue weighted by atomic mass is 16.5. The highest BCUT2D eigenvalue weighted by Crippen LogP contribution is 2.30. The third-order valence-corrected chi connectivity index (χ3v) is 4.07. The van der Waals surface area contributed by atoms with Gasteiger partial charge in [0.25, 0.3) is 0 Å². The third kappa shape index (κ3) is 4.68. The molecule has 1 unspecified atom stereocenters. The van der Waals surface area contributed by atoms with Gasteiger partial charge >= 0.3 is 0 Å². The van der Waals surface area contributed by atoms with Gasteiger partial charge in [0.2, 0.25) is 11.8 Å². The lowest BCUT2D eigenvalue weighted by Gasteiger charge is -2.36. The summed E-state index contributed by atoms with van der Waals surface area (Å²) in [4.78, 5) is 26.4. The van der Waals surface area contributed by atoms with E-state index >= 15 is 0 Å². The van der Waals surface area contributed by atoms with Crippen LogP contribution in [0.15, 0.2) is 0 Å². The summed E-state index contributed by atoms with van der Waals surface area (Å²) in [6, 6.07) is -0.487. The molecule has 1 atom stereocenters. The van der Waals surface area contributed by atoms with Gasteiger partial charge in [-0.1, -0.05) is 13.8 Å². The SMILES string of the molecule is CC(C)CC(NC(=O)C1(CN)CCOCC1)C(=O)N(C)C. The molecule has 1 heterocycles. The van der Waals surface area contributed by atoms with Crippen molar-refractivity contribution in [1.29, 1.82) is 0 Å². The van der Waals surface area contributed by atoms with Crippen molar-refractivity contribution in [2.75, 3.05) is 33.9 Å². The van der Waals surface area contributed by atoms with Crippen molar-refractivity contribution in [3.8, 4) is 0 Å². The average molecular weight is 299 g/mol. The van der Waals surface area contributed by atoms with E-state index in [4.69, 9.17) is 10.5 Å². The summed E-state index contributed by atoms with van der Waals surface area (Å²) < 4.78 is 5.32. The van der Waals surface area contributed by atoms with Crippen LogP contribution in [-0.4, -0.2) is 56.6 Å². The molecule has 0 bridgehead atoms. The minimum absolute atomic E-state index is 0.0729. The number of rotatable bonds is 6. The summed E-state index contributed by atoms with van der Waals surface area (Å²) in [7, 11) is 3.41. The van der Waals surface area contributed by atoms with Gasteiger partial charge in [-0.25, -0.2) is 0 Å². The van der Waals surface area contributed by atoms with Gasteiger partial charge in [-0.05, 0) is 25.2 Å². The maximum Gasteiger partial charge on any atom is 0.244 e. The van der Waals surface area contributed by atoms with Gasteiger partial charge < -0.3 is 20.7 Å². The number of carbonyl (C=O) groups is 2. The molecule has 0 aromatic carbocycles. The number of likely N-dealkylation sites (N-methyl/N-ethyl adjacent to an activating group) is 1. The second-order valence-electron chi connectivity index (χ2n) is 6.49. The van der Waals surface area contributed by atoms with Gasteiger partial charge in [0.15, 0.2) is 0 Å². The van der Waals surface area contributed by atoms with Gasteiger partial charge in [0.1, 0.15) is 6.04 Å². The number of nitrogens with zero attached hydrogens (tertiary/aromatic N) is 1. The molecule has 1 aliphatic rings. The van der Waals surface area contributed by atoms with Crippen molar-refractivity contribution in [2.45, 2.75) is 39.2 Å². The summed E-state index contributed by atoms with van der Waals surface area (Å²) in [5, 5.41) is 2.93. The molecule has 2 amide bonds. The molecule has 1 rings (SSSR count). The monoisotopic (exact) mass is 299 g/mol. The van der Waals surface area contributed by atoms with Crippen LogP contribution in [0.25, 0.3) is 0 Å². The first-order valence-electron chi connectivity index (χ1n) is 7.62. The fourth-order valence-electron chi connectivity index (χ4n) is 2.60. The largest absolute Gasteiger partial charge is 0.381 e. The molecule has 6 nitrogen and oxygen atoms in total. The molecule has 1 saturated heterocycles. The Hall–Kier alpha value is -1.14. The van der Waals surface area contributed by atoms with Gasteiger partial charge in [-0.15, -0.1) is 0 Å². The normalized spacial score (nSPS) is 19.1. The lowest BCUT2D eigenvalue weighted by Crippen LogP contribution is -2.55. The highest BCUT2D eigenvalue weighted by Gasteiger charge is 2.40. The van der Waals surface area contributed by atoms with Crippen LogP contribution in [0.5, 0.6) is 0 Å². The molecule has 0 aromatic rings. The molecule has 0 saturated carbocycles. The van der Waals surface area contributed by atoms with Crippen LogP contribution >= 0.6 is 0 Å². The fraction of sp³-hybridized carbons (Fsp3) is 0.867. The third-order valence-electron chi connectivity index (χ3n) is 4.07. The van der Waals surface area contributed by atoms with E-state index in [1.807, 2.05) is 13.8 Å².